The number of esters is 2. The molecule has 1 amide bonds. The SMILES string of the molecule is NC(=O)CC=Cc1ccc2c(c1)C(=O)OC2=O. The zero-order valence-electron chi connectivity index (χ0n) is 8.80. The highest BCUT2D eigenvalue weighted by Crippen LogP contribution is 2.21. The Balaban J connectivity index is 2.26. The van der Waals surface area contributed by atoms with Crippen molar-refractivity contribution in [2.45, 2.75) is 6.42 Å². The van der Waals surface area contributed by atoms with E-state index in [9.17, 15) is 14.4 Å². The topological polar surface area (TPSA) is 86.5 Å². The Morgan fingerprint density at radius 3 is 2.65 bits per heavy atom. The number of cyclic esters (lactones) is 2. The summed E-state index contributed by atoms with van der Waals surface area (Å²) in [6, 6.07) is 4.72. The van der Waals surface area contributed by atoms with Gasteiger partial charge in [0.05, 0.1) is 11.1 Å². The number of hydrogen-bond donors (Lipinski definition) is 1. The van der Waals surface area contributed by atoms with E-state index in [1.54, 1.807) is 24.3 Å². The Morgan fingerprint density at radius 1 is 1.24 bits per heavy atom. The summed E-state index contributed by atoms with van der Waals surface area (Å²) >= 11 is 0. The number of fused-ring (bicyclic) bond motifs is 1. The number of rotatable bonds is 3. The summed E-state index contributed by atoms with van der Waals surface area (Å²) in [5, 5.41) is 0. The van der Waals surface area contributed by atoms with Crippen LogP contribution in [0, 0.1) is 0 Å². The van der Waals surface area contributed by atoms with Gasteiger partial charge in [0, 0.05) is 6.42 Å². The Bertz CT molecular complexity index is 545. The molecule has 0 aromatic heterocycles. The fourth-order valence-corrected chi connectivity index (χ4v) is 1.52. The van der Waals surface area contributed by atoms with Gasteiger partial charge in [0.1, 0.15) is 0 Å². The molecule has 2 rings (SSSR count). The highest BCUT2D eigenvalue weighted by atomic mass is 16.6. The molecule has 0 saturated heterocycles. The maximum atomic E-state index is 11.3. The predicted molar refractivity (Wildman–Crippen MR) is 59.0 cm³/mol. The summed E-state index contributed by atoms with van der Waals surface area (Å²) < 4.78 is 4.45. The smallest absolute Gasteiger partial charge is 0.346 e. The molecular formula is C12H9NO4. The van der Waals surface area contributed by atoms with E-state index in [2.05, 4.69) is 4.74 Å². The lowest BCUT2D eigenvalue weighted by Crippen LogP contribution is -2.07. The molecule has 0 bridgehead atoms. The minimum absolute atomic E-state index is 0.125. The number of benzene rings is 1. The fraction of sp³-hybridized carbons (Fsp3) is 0.0833. The summed E-state index contributed by atoms with van der Waals surface area (Å²) in [5.41, 5.74) is 6.20. The van der Waals surface area contributed by atoms with Gasteiger partial charge in [-0.05, 0) is 17.7 Å². The monoisotopic (exact) mass is 231 g/mol. The molecule has 0 unspecified atom stereocenters. The summed E-state index contributed by atoms with van der Waals surface area (Å²) in [4.78, 5) is 33.0. The first-order valence-corrected chi connectivity index (χ1v) is 4.93. The van der Waals surface area contributed by atoms with Crippen LogP contribution in [0.5, 0.6) is 0 Å². The minimum atomic E-state index is -0.643. The number of carbonyl (C=O) groups is 3. The van der Waals surface area contributed by atoms with Crippen LogP contribution >= 0.6 is 0 Å². The minimum Gasteiger partial charge on any atom is -0.386 e. The molecule has 1 aliphatic rings. The van der Waals surface area contributed by atoms with Gasteiger partial charge in [-0.3, -0.25) is 4.79 Å². The zero-order chi connectivity index (χ0) is 12.4. The third-order valence-electron chi connectivity index (χ3n) is 2.30. The molecule has 17 heavy (non-hydrogen) atoms. The first-order valence-electron chi connectivity index (χ1n) is 4.93. The van der Waals surface area contributed by atoms with Gasteiger partial charge in [-0.1, -0.05) is 18.2 Å². The third kappa shape index (κ3) is 2.23. The molecule has 0 aliphatic carbocycles. The first-order chi connectivity index (χ1) is 8.08. The summed E-state index contributed by atoms with van der Waals surface area (Å²) in [7, 11) is 0. The van der Waals surface area contributed by atoms with Crippen LogP contribution in [0.15, 0.2) is 24.3 Å². The lowest BCUT2D eigenvalue weighted by Gasteiger charge is -1.95. The van der Waals surface area contributed by atoms with Gasteiger partial charge in [0.25, 0.3) is 0 Å². The molecule has 0 fully saturated rings. The van der Waals surface area contributed by atoms with E-state index in [0.29, 0.717) is 5.56 Å². The lowest BCUT2D eigenvalue weighted by molar-refractivity contribution is -0.117. The van der Waals surface area contributed by atoms with Gasteiger partial charge in [-0.25, -0.2) is 9.59 Å². The largest absolute Gasteiger partial charge is 0.386 e. The highest BCUT2D eigenvalue weighted by molar-refractivity contribution is 6.14. The first kappa shape index (κ1) is 11.1. The standard InChI is InChI=1S/C12H9NO4/c13-10(14)3-1-2-7-4-5-8-9(6-7)12(16)17-11(8)15/h1-2,4-6H,3H2,(H2,13,14). The molecule has 5 heteroatoms. The van der Waals surface area contributed by atoms with E-state index in [1.165, 1.54) is 6.07 Å². The lowest BCUT2D eigenvalue weighted by atomic mass is 10.1. The molecule has 0 saturated carbocycles. The summed E-state index contributed by atoms with van der Waals surface area (Å²) in [6.07, 6.45) is 3.37. The second-order valence-electron chi connectivity index (χ2n) is 3.55. The van der Waals surface area contributed by atoms with Gasteiger partial charge < -0.3 is 10.5 Å². The molecule has 2 N–H and O–H groups in total. The molecule has 1 heterocycles. The van der Waals surface area contributed by atoms with Crippen molar-refractivity contribution < 1.29 is 19.1 Å². The van der Waals surface area contributed by atoms with E-state index in [4.69, 9.17) is 5.73 Å². The van der Waals surface area contributed by atoms with Crippen LogP contribution in [-0.4, -0.2) is 17.8 Å². The Morgan fingerprint density at radius 2 is 1.94 bits per heavy atom. The average molecular weight is 231 g/mol. The summed E-state index contributed by atoms with van der Waals surface area (Å²) in [5.74, 6) is -1.70. The maximum Gasteiger partial charge on any atom is 0.346 e. The zero-order valence-corrected chi connectivity index (χ0v) is 8.80. The van der Waals surface area contributed by atoms with Crippen LogP contribution in [0.2, 0.25) is 0 Å². The van der Waals surface area contributed by atoms with Gasteiger partial charge in [0.15, 0.2) is 0 Å². The Labute approximate surface area is 96.9 Å². The number of ether oxygens (including phenoxy) is 1. The van der Waals surface area contributed by atoms with Crippen molar-refractivity contribution in [3.05, 3.63) is 41.0 Å². The summed E-state index contributed by atoms with van der Waals surface area (Å²) in [6.45, 7) is 0. The van der Waals surface area contributed by atoms with E-state index >= 15 is 0 Å². The molecule has 1 aromatic carbocycles. The molecule has 0 atom stereocenters. The van der Waals surface area contributed by atoms with Gasteiger partial charge in [-0.15, -0.1) is 0 Å². The third-order valence-corrected chi connectivity index (χ3v) is 2.30. The van der Waals surface area contributed by atoms with Crippen molar-refractivity contribution in [3.63, 3.8) is 0 Å². The maximum absolute atomic E-state index is 11.3. The van der Waals surface area contributed by atoms with Gasteiger partial charge in [0.2, 0.25) is 5.91 Å². The van der Waals surface area contributed by atoms with Crippen LogP contribution in [-0.2, 0) is 9.53 Å². The van der Waals surface area contributed by atoms with Gasteiger partial charge in [-0.2, -0.15) is 0 Å². The van der Waals surface area contributed by atoms with E-state index in [-0.39, 0.29) is 17.5 Å². The van der Waals surface area contributed by atoms with Crippen molar-refractivity contribution in [3.8, 4) is 0 Å². The number of carbonyl (C=O) groups excluding carboxylic acids is 3. The van der Waals surface area contributed by atoms with E-state index in [0.717, 1.165) is 0 Å². The van der Waals surface area contributed by atoms with Crippen molar-refractivity contribution in [2.75, 3.05) is 0 Å². The van der Waals surface area contributed by atoms with E-state index in [1.807, 2.05) is 0 Å². The van der Waals surface area contributed by atoms with E-state index < -0.39 is 17.8 Å². The number of amides is 1. The molecule has 1 aromatic rings. The Hall–Kier alpha value is -2.43. The van der Waals surface area contributed by atoms with Crippen LogP contribution in [0.1, 0.15) is 32.7 Å². The quantitative estimate of drug-likeness (QED) is 0.618. The van der Waals surface area contributed by atoms with Crippen molar-refractivity contribution in [1.82, 2.24) is 0 Å². The molecular weight excluding hydrogens is 222 g/mol. The van der Waals surface area contributed by atoms with Crippen molar-refractivity contribution in [2.24, 2.45) is 5.73 Å². The molecule has 0 spiro atoms. The fourth-order valence-electron chi connectivity index (χ4n) is 1.52. The number of primary amides is 1. The van der Waals surface area contributed by atoms with Crippen LogP contribution in [0.25, 0.3) is 6.08 Å². The molecule has 0 radical (unpaired) electrons. The molecule has 1 aliphatic heterocycles. The molecule has 86 valence electrons. The average Bonchev–Trinajstić information content (AvgIpc) is 2.54. The highest BCUT2D eigenvalue weighted by Gasteiger charge is 2.29. The number of nitrogens with two attached hydrogens (primary N) is 1. The second-order valence-corrected chi connectivity index (χ2v) is 3.55. The van der Waals surface area contributed by atoms with Crippen LogP contribution in [0.3, 0.4) is 0 Å². The number of hydrogen-bond acceptors (Lipinski definition) is 4. The van der Waals surface area contributed by atoms with Crippen molar-refractivity contribution in [1.29, 1.82) is 0 Å². The second kappa shape index (κ2) is 4.21. The Kier molecular flexibility index (Phi) is 2.74. The van der Waals surface area contributed by atoms with Crippen molar-refractivity contribution >= 4 is 23.9 Å². The van der Waals surface area contributed by atoms with Crippen LogP contribution in [0.4, 0.5) is 0 Å². The predicted octanol–water partition coefficient (Wildman–Crippen LogP) is 0.886. The van der Waals surface area contributed by atoms with Crippen LogP contribution < -0.4 is 5.73 Å². The van der Waals surface area contributed by atoms with Gasteiger partial charge >= 0.3 is 11.9 Å². The molecule has 5 nitrogen and oxygen atoms in total. The normalized spacial score (nSPS) is 13.9.